The first kappa shape index (κ1) is 13.4. The molecule has 3 rings (SSSR count). The summed E-state index contributed by atoms with van der Waals surface area (Å²) in [5.41, 5.74) is 6.19. The van der Waals surface area contributed by atoms with Crippen LogP contribution in [0, 0.1) is 23.7 Å². The van der Waals surface area contributed by atoms with Crippen molar-refractivity contribution in [2.75, 3.05) is 6.54 Å². The number of nitrogens with two attached hydrogens (primary N) is 1. The van der Waals surface area contributed by atoms with Gasteiger partial charge in [-0.3, -0.25) is 4.79 Å². The Labute approximate surface area is 115 Å². The predicted octanol–water partition coefficient (Wildman–Crippen LogP) is 1.03. The number of fused-ring (bicyclic) bond motifs is 2. The summed E-state index contributed by atoms with van der Waals surface area (Å²) in [4.78, 5) is 12.3. The SMILES string of the molecule is NC1C2CCC(C2)C1C(=O)NCC1CCCCC1O. The Morgan fingerprint density at radius 1 is 1.16 bits per heavy atom. The Morgan fingerprint density at radius 3 is 2.58 bits per heavy atom. The van der Waals surface area contributed by atoms with Gasteiger partial charge in [-0.05, 0) is 43.9 Å². The summed E-state index contributed by atoms with van der Waals surface area (Å²) >= 11 is 0. The van der Waals surface area contributed by atoms with Gasteiger partial charge in [-0.1, -0.05) is 12.8 Å². The molecule has 108 valence electrons. The van der Waals surface area contributed by atoms with Crippen LogP contribution in [0.25, 0.3) is 0 Å². The number of carbonyl (C=O) groups excluding carboxylic acids is 1. The quantitative estimate of drug-likeness (QED) is 0.714. The molecule has 2 bridgehead atoms. The summed E-state index contributed by atoms with van der Waals surface area (Å²) in [6, 6.07) is 0.0648. The van der Waals surface area contributed by atoms with Crippen molar-refractivity contribution in [1.29, 1.82) is 0 Å². The minimum atomic E-state index is -0.234. The highest BCUT2D eigenvalue weighted by Gasteiger charge is 2.49. The molecule has 0 aromatic rings. The number of aliphatic hydroxyl groups excluding tert-OH is 1. The standard InChI is InChI=1S/C15H26N2O2/c16-14-10-6-5-9(7-10)13(14)15(19)17-8-11-3-1-2-4-12(11)18/h9-14,18H,1-8,16H2,(H,17,19). The summed E-state index contributed by atoms with van der Waals surface area (Å²) in [5, 5.41) is 13.0. The van der Waals surface area contributed by atoms with E-state index in [-0.39, 0.29) is 29.9 Å². The van der Waals surface area contributed by atoms with Gasteiger partial charge in [0.2, 0.25) is 5.91 Å². The molecule has 3 aliphatic rings. The van der Waals surface area contributed by atoms with Crippen LogP contribution in [0.3, 0.4) is 0 Å². The summed E-state index contributed by atoms with van der Waals surface area (Å²) < 4.78 is 0. The fraction of sp³-hybridized carbons (Fsp3) is 0.933. The maximum absolute atomic E-state index is 12.3. The van der Waals surface area contributed by atoms with Crippen LogP contribution in [0.5, 0.6) is 0 Å². The van der Waals surface area contributed by atoms with E-state index >= 15 is 0 Å². The van der Waals surface area contributed by atoms with E-state index in [4.69, 9.17) is 5.73 Å². The third-order valence-electron chi connectivity index (χ3n) is 5.69. The third kappa shape index (κ3) is 2.52. The molecule has 4 N–H and O–H groups in total. The molecule has 0 heterocycles. The van der Waals surface area contributed by atoms with E-state index in [0.717, 1.165) is 25.7 Å². The van der Waals surface area contributed by atoms with Crippen molar-refractivity contribution < 1.29 is 9.90 Å². The van der Waals surface area contributed by atoms with Crippen molar-refractivity contribution in [2.45, 2.75) is 57.1 Å². The number of amides is 1. The molecule has 3 aliphatic carbocycles. The Balaban J connectivity index is 1.51. The molecular formula is C15H26N2O2. The number of carbonyl (C=O) groups is 1. The van der Waals surface area contributed by atoms with Crippen molar-refractivity contribution in [1.82, 2.24) is 5.32 Å². The molecule has 3 fully saturated rings. The fourth-order valence-electron chi connectivity index (χ4n) is 4.50. The van der Waals surface area contributed by atoms with Gasteiger partial charge >= 0.3 is 0 Å². The van der Waals surface area contributed by atoms with Gasteiger partial charge < -0.3 is 16.2 Å². The zero-order valence-electron chi connectivity index (χ0n) is 11.6. The number of hydrogen-bond donors (Lipinski definition) is 3. The molecule has 4 heteroatoms. The molecule has 0 radical (unpaired) electrons. The van der Waals surface area contributed by atoms with Gasteiger partial charge in [-0.25, -0.2) is 0 Å². The molecule has 19 heavy (non-hydrogen) atoms. The van der Waals surface area contributed by atoms with Gasteiger partial charge in [0.1, 0.15) is 0 Å². The average molecular weight is 266 g/mol. The number of nitrogens with one attached hydrogen (secondary N) is 1. The van der Waals surface area contributed by atoms with Gasteiger partial charge in [-0.2, -0.15) is 0 Å². The Hall–Kier alpha value is -0.610. The summed E-state index contributed by atoms with van der Waals surface area (Å²) in [7, 11) is 0. The van der Waals surface area contributed by atoms with E-state index < -0.39 is 0 Å². The second-order valence-electron chi connectivity index (χ2n) is 6.79. The van der Waals surface area contributed by atoms with E-state index in [1.807, 2.05) is 0 Å². The summed E-state index contributed by atoms with van der Waals surface area (Å²) in [5.74, 6) is 1.49. The fourth-order valence-corrected chi connectivity index (χ4v) is 4.50. The number of hydrogen-bond acceptors (Lipinski definition) is 3. The molecular weight excluding hydrogens is 240 g/mol. The second-order valence-corrected chi connectivity index (χ2v) is 6.79. The minimum Gasteiger partial charge on any atom is -0.393 e. The lowest BCUT2D eigenvalue weighted by molar-refractivity contribution is -0.127. The monoisotopic (exact) mass is 266 g/mol. The molecule has 0 aromatic carbocycles. The largest absolute Gasteiger partial charge is 0.393 e. The summed E-state index contributed by atoms with van der Waals surface area (Å²) in [6.07, 6.45) is 7.49. The lowest BCUT2D eigenvalue weighted by atomic mass is 9.83. The molecule has 6 unspecified atom stereocenters. The zero-order valence-corrected chi connectivity index (χ0v) is 11.6. The molecule has 0 aromatic heterocycles. The van der Waals surface area contributed by atoms with E-state index in [1.165, 1.54) is 19.3 Å². The normalized spacial score (nSPS) is 45.4. The van der Waals surface area contributed by atoms with Crippen LogP contribution in [-0.2, 0) is 4.79 Å². The Morgan fingerprint density at radius 2 is 1.89 bits per heavy atom. The predicted molar refractivity (Wildman–Crippen MR) is 73.3 cm³/mol. The van der Waals surface area contributed by atoms with Crippen molar-refractivity contribution in [3.63, 3.8) is 0 Å². The Bertz CT molecular complexity index is 345. The van der Waals surface area contributed by atoms with Crippen LogP contribution < -0.4 is 11.1 Å². The third-order valence-corrected chi connectivity index (χ3v) is 5.69. The second kappa shape index (κ2) is 5.41. The van der Waals surface area contributed by atoms with Gasteiger partial charge in [0.25, 0.3) is 0 Å². The van der Waals surface area contributed by atoms with Gasteiger partial charge in [0.15, 0.2) is 0 Å². The van der Waals surface area contributed by atoms with Gasteiger partial charge in [-0.15, -0.1) is 0 Å². The maximum Gasteiger partial charge on any atom is 0.224 e. The molecule has 0 spiro atoms. The van der Waals surface area contributed by atoms with Crippen molar-refractivity contribution >= 4 is 5.91 Å². The lowest BCUT2D eigenvalue weighted by Gasteiger charge is -2.30. The van der Waals surface area contributed by atoms with Crippen LogP contribution in [-0.4, -0.2) is 29.7 Å². The Kier molecular flexibility index (Phi) is 3.81. The van der Waals surface area contributed by atoms with E-state index in [2.05, 4.69) is 5.32 Å². The molecule has 0 aliphatic heterocycles. The van der Waals surface area contributed by atoms with Crippen molar-refractivity contribution in [2.24, 2.45) is 29.4 Å². The van der Waals surface area contributed by atoms with Crippen molar-refractivity contribution in [3.05, 3.63) is 0 Å². The molecule has 0 saturated heterocycles. The van der Waals surface area contributed by atoms with E-state index in [1.54, 1.807) is 0 Å². The topological polar surface area (TPSA) is 75.4 Å². The smallest absolute Gasteiger partial charge is 0.224 e. The summed E-state index contributed by atoms with van der Waals surface area (Å²) in [6.45, 7) is 0.626. The van der Waals surface area contributed by atoms with Crippen LogP contribution in [0.2, 0.25) is 0 Å². The minimum absolute atomic E-state index is 0.0273. The average Bonchev–Trinajstić information content (AvgIpc) is 2.98. The van der Waals surface area contributed by atoms with Crippen LogP contribution in [0.4, 0.5) is 0 Å². The molecule has 1 amide bonds. The first-order valence-electron chi connectivity index (χ1n) is 7.88. The van der Waals surface area contributed by atoms with Crippen LogP contribution in [0.15, 0.2) is 0 Å². The first-order valence-corrected chi connectivity index (χ1v) is 7.88. The first-order chi connectivity index (χ1) is 9.16. The van der Waals surface area contributed by atoms with E-state index in [0.29, 0.717) is 18.4 Å². The zero-order chi connectivity index (χ0) is 13.4. The molecule has 4 nitrogen and oxygen atoms in total. The van der Waals surface area contributed by atoms with E-state index in [9.17, 15) is 9.90 Å². The van der Waals surface area contributed by atoms with Gasteiger partial charge in [0.05, 0.1) is 12.0 Å². The van der Waals surface area contributed by atoms with Crippen LogP contribution >= 0.6 is 0 Å². The maximum atomic E-state index is 12.3. The molecule has 3 saturated carbocycles. The van der Waals surface area contributed by atoms with Crippen LogP contribution in [0.1, 0.15) is 44.9 Å². The lowest BCUT2D eigenvalue weighted by Crippen LogP contribution is -2.47. The molecule has 6 atom stereocenters. The number of rotatable bonds is 3. The van der Waals surface area contributed by atoms with Gasteiger partial charge in [0, 0.05) is 18.5 Å². The highest BCUT2D eigenvalue weighted by molar-refractivity contribution is 5.80. The van der Waals surface area contributed by atoms with Crippen molar-refractivity contribution in [3.8, 4) is 0 Å². The number of aliphatic hydroxyl groups is 1. The highest BCUT2D eigenvalue weighted by atomic mass is 16.3. The highest BCUT2D eigenvalue weighted by Crippen LogP contribution is 2.47.